The molecule has 1 aromatic rings. The lowest BCUT2D eigenvalue weighted by Gasteiger charge is -2.00. The molecule has 0 amide bonds. The van der Waals surface area contributed by atoms with Gasteiger partial charge in [-0.15, -0.1) is 24.0 Å². The molecule has 1 aromatic heterocycles. The third-order valence-corrected chi connectivity index (χ3v) is 4.15. The van der Waals surface area contributed by atoms with Crippen LogP contribution in [0.4, 0.5) is 0 Å². The molecule has 0 N–H and O–H groups in total. The van der Waals surface area contributed by atoms with E-state index in [9.17, 15) is 0 Å². The maximum Gasteiger partial charge on any atom is 0.0371 e. The highest BCUT2D eigenvalue weighted by atomic mass is 127. The first kappa shape index (κ1) is 10.3. The molecule has 0 aliphatic heterocycles. The van der Waals surface area contributed by atoms with Crippen LogP contribution < -0.4 is 0 Å². The molecule has 0 fully saturated rings. The van der Waals surface area contributed by atoms with Gasteiger partial charge in [0.15, 0.2) is 0 Å². The van der Waals surface area contributed by atoms with E-state index in [0.29, 0.717) is 0 Å². The van der Waals surface area contributed by atoms with Crippen molar-refractivity contribution in [2.75, 3.05) is 0 Å². The fraction of sp³-hybridized carbons (Fsp3) is 0.375. The summed E-state index contributed by atoms with van der Waals surface area (Å²) in [5, 5.41) is 1.60. The molecule has 0 atom stereocenters. The molecule has 0 spiro atoms. The van der Waals surface area contributed by atoms with E-state index in [1.807, 2.05) is 0 Å². The molecule has 2 heteroatoms. The molecule has 56 valence electrons. The first-order valence-electron chi connectivity index (χ1n) is 3.24. The number of halogens is 1. The van der Waals surface area contributed by atoms with Gasteiger partial charge >= 0.3 is 0 Å². The summed E-state index contributed by atoms with van der Waals surface area (Å²) in [6.45, 7) is 6.75. The van der Waals surface area contributed by atoms with Crippen LogP contribution in [0.15, 0.2) is 17.8 Å². The van der Waals surface area contributed by atoms with E-state index in [0.717, 1.165) is 0 Å². The Bertz CT molecular complexity index is 200. The van der Waals surface area contributed by atoms with Crippen molar-refractivity contribution >= 4 is 32.4 Å². The van der Waals surface area contributed by atoms with Crippen molar-refractivity contribution in [3.05, 3.63) is 28.5 Å². The van der Waals surface area contributed by atoms with Crippen molar-refractivity contribution in [2.24, 2.45) is 6.55 Å². The van der Waals surface area contributed by atoms with Crippen molar-refractivity contribution in [1.82, 2.24) is 0 Å². The molecular weight excluding hydrogens is 251 g/mol. The van der Waals surface area contributed by atoms with E-state index < -0.39 is 0 Å². The van der Waals surface area contributed by atoms with Crippen LogP contribution in [-0.4, -0.2) is 8.40 Å². The Morgan fingerprint density at radius 2 is 1.90 bits per heavy atom. The molecule has 0 aliphatic rings. The van der Waals surface area contributed by atoms with Crippen LogP contribution in [0.25, 0.3) is 0 Å². The summed E-state index contributed by atoms with van der Waals surface area (Å²) in [5.41, 5.74) is 3.79. The molecule has 0 unspecified atom stereocenters. The average Bonchev–Trinajstić information content (AvgIpc) is 1.83. The van der Waals surface area contributed by atoms with E-state index in [-0.39, 0.29) is 32.4 Å². The lowest BCUT2D eigenvalue weighted by atomic mass is 10.3. The topological polar surface area (TPSA) is 0 Å². The van der Waals surface area contributed by atoms with Gasteiger partial charge in [0.1, 0.15) is 0 Å². The van der Waals surface area contributed by atoms with Gasteiger partial charge in [-0.25, -0.2) is 0 Å². The highest BCUT2D eigenvalue weighted by Crippen LogP contribution is 2.01. The molecule has 1 rings (SSSR count). The van der Waals surface area contributed by atoms with Gasteiger partial charge in [0, 0.05) is 8.40 Å². The first-order valence-corrected chi connectivity index (χ1v) is 5.32. The Hall–Kier alpha value is 0.297. The smallest absolute Gasteiger partial charge is 0.0371 e. The van der Waals surface area contributed by atoms with Crippen LogP contribution >= 0.6 is 24.0 Å². The van der Waals surface area contributed by atoms with Gasteiger partial charge in [-0.05, 0) is 13.8 Å². The minimum Gasteiger partial charge on any atom is -0.107 e. The van der Waals surface area contributed by atoms with E-state index in [4.69, 9.17) is 0 Å². The van der Waals surface area contributed by atoms with Crippen LogP contribution in [0.3, 0.4) is 0 Å². The quantitative estimate of drug-likeness (QED) is 0.499. The lowest BCUT2D eigenvalue weighted by molar-refractivity contribution is 1.40. The molecule has 10 heavy (non-hydrogen) atoms. The molecule has 0 nitrogen and oxygen atoms in total. The molecule has 0 radical (unpaired) electrons. The van der Waals surface area contributed by atoms with Gasteiger partial charge in [0.05, 0.1) is 0 Å². The van der Waals surface area contributed by atoms with E-state index in [1.54, 1.807) is 5.17 Å². The summed E-state index contributed by atoms with van der Waals surface area (Å²) < 4.78 is 0. The van der Waals surface area contributed by atoms with Gasteiger partial charge < -0.3 is 0 Å². The van der Waals surface area contributed by atoms with Crippen molar-refractivity contribution < 1.29 is 0 Å². The van der Waals surface area contributed by atoms with Crippen LogP contribution in [0.5, 0.6) is 0 Å². The zero-order chi connectivity index (χ0) is 6.85. The SMILES string of the molecule is Cc1ccc[si](C)c1C.I. The zero-order valence-corrected chi connectivity index (χ0v) is 9.97. The van der Waals surface area contributed by atoms with Crippen molar-refractivity contribution in [1.29, 1.82) is 0 Å². The maximum absolute atomic E-state index is 2.33. The Morgan fingerprint density at radius 3 is 2.30 bits per heavy atom. The van der Waals surface area contributed by atoms with Crippen LogP contribution in [0.2, 0.25) is 0 Å². The van der Waals surface area contributed by atoms with E-state index >= 15 is 0 Å². The Kier molecular flexibility index (Phi) is 4.36. The monoisotopic (exact) mass is 264 g/mol. The van der Waals surface area contributed by atoms with Gasteiger partial charge in [0.25, 0.3) is 0 Å². The number of rotatable bonds is 0. The first-order chi connectivity index (χ1) is 4.22. The van der Waals surface area contributed by atoms with Crippen molar-refractivity contribution in [3.63, 3.8) is 0 Å². The van der Waals surface area contributed by atoms with Crippen molar-refractivity contribution in [3.8, 4) is 0 Å². The van der Waals surface area contributed by atoms with Crippen molar-refractivity contribution in [2.45, 2.75) is 13.8 Å². The summed E-state index contributed by atoms with van der Waals surface area (Å²) in [6.07, 6.45) is 0. The Morgan fingerprint density at radius 1 is 1.30 bits per heavy atom. The second-order valence-electron chi connectivity index (χ2n) is 2.52. The van der Waals surface area contributed by atoms with E-state index in [2.05, 4.69) is 38.2 Å². The number of aryl methyl sites for hydroxylation is 2. The molecule has 0 aromatic carbocycles. The fourth-order valence-corrected chi connectivity index (χ4v) is 2.24. The summed E-state index contributed by atoms with van der Waals surface area (Å²) in [7, 11) is -0.252. The second kappa shape index (κ2) is 4.23. The normalized spacial score (nSPS) is 8.70. The minimum absolute atomic E-state index is 0. The standard InChI is InChI=1S/C8H12Si.HI/c1-7-5-4-6-9(3)8(7)2;/h4-6H,1-3H3;1H. The molecular formula is C8H13ISi. The van der Waals surface area contributed by atoms with Crippen LogP contribution in [0, 0.1) is 13.8 Å². The third kappa shape index (κ3) is 2.16. The number of hydrogen-bond donors (Lipinski definition) is 0. The summed E-state index contributed by atoms with van der Waals surface area (Å²) >= 11 is 0. The number of hydrogen-bond acceptors (Lipinski definition) is 0. The molecule has 0 bridgehead atoms. The summed E-state index contributed by atoms with van der Waals surface area (Å²) in [5.74, 6) is 0. The average molecular weight is 264 g/mol. The Balaban J connectivity index is 0.000000810. The minimum atomic E-state index is -0.252. The zero-order valence-electron chi connectivity index (χ0n) is 6.64. The van der Waals surface area contributed by atoms with E-state index in [1.165, 1.54) is 5.56 Å². The predicted octanol–water partition coefficient (Wildman–Crippen LogP) is 2.48. The van der Waals surface area contributed by atoms with Crippen LogP contribution in [-0.2, 0) is 6.55 Å². The largest absolute Gasteiger partial charge is 0.107 e. The lowest BCUT2D eigenvalue weighted by Crippen LogP contribution is -1.98. The van der Waals surface area contributed by atoms with Crippen LogP contribution in [0.1, 0.15) is 10.7 Å². The highest BCUT2D eigenvalue weighted by molar-refractivity contribution is 14.0. The molecule has 1 heterocycles. The highest BCUT2D eigenvalue weighted by Gasteiger charge is 1.92. The molecule has 0 saturated carbocycles. The predicted molar refractivity (Wildman–Crippen MR) is 58.3 cm³/mol. The molecule has 0 saturated heterocycles. The summed E-state index contributed by atoms with van der Waals surface area (Å²) in [4.78, 5) is 0. The second-order valence-corrected chi connectivity index (χ2v) is 4.97. The Labute approximate surface area is 81.2 Å². The maximum atomic E-state index is 2.33. The van der Waals surface area contributed by atoms with Gasteiger partial charge in [0.2, 0.25) is 0 Å². The fourth-order valence-electron chi connectivity index (χ4n) is 0.898. The molecule has 0 aliphatic carbocycles. The van der Waals surface area contributed by atoms with Gasteiger partial charge in [-0.1, -0.05) is 35.1 Å². The summed E-state index contributed by atoms with van der Waals surface area (Å²) in [6, 6.07) is 4.36. The van der Waals surface area contributed by atoms with Gasteiger partial charge in [-0.3, -0.25) is 0 Å². The third-order valence-electron chi connectivity index (χ3n) is 1.88. The van der Waals surface area contributed by atoms with Gasteiger partial charge in [-0.2, -0.15) is 0 Å².